The molecule has 0 amide bonds. The average Bonchev–Trinajstić information content (AvgIpc) is 2.53. The molecule has 102 valence electrons. The van der Waals surface area contributed by atoms with Crippen molar-refractivity contribution in [1.29, 1.82) is 0 Å². The third-order valence-corrected chi connectivity index (χ3v) is 7.70. The molecule has 3 nitrogen and oxygen atoms in total. The highest BCUT2D eigenvalue weighted by Gasteiger charge is 2.36. The molecular weight excluding hydrogens is 262 g/mol. The van der Waals surface area contributed by atoms with Gasteiger partial charge in [-0.15, -0.1) is 4.78 Å². The van der Waals surface area contributed by atoms with E-state index in [0.29, 0.717) is 0 Å². The molecule has 0 spiro atoms. The van der Waals surface area contributed by atoms with Crippen LogP contribution in [0.5, 0.6) is 0 Å². The van der Waals surface area contributed by atoms with Crippen molar-refractivity contribution in [3.05, 3.63) is 71.1 Å². The van der Waals surface area contributed by atoms with E-state index < -0.39 is 8.24 Å². The topological polar surface area (TPSA) is 48.8 Å². The first kappa shape index (κ1) is 14.4. The lowest BCUT2D eigenvalue weighted by Crippen LogP contribution is -2.56. The number of benzene rings is 2. The Balaban J connectivity index is 2.59. The molecule has 0 fully saturated rings. The van der Waals surface area contributed by atoms with Gasteiger partial charge in [-0.3, -0.25) is 0 Å². The van der Waals surface area contributed by atoms with E-state index in [4.69, 9.17) is 5.53 Å². The van der Waals surface area contributed by atoms with Crippen molar-refractivity contribution in [1.82, 2.24) is 0 Å². The fourth-order valence-electron chi connectivity index (χ4n) is 2.56. The van der Waals surface area contributed by atoms with Gasteiger partial charge in [-0.2, -0.15) is 0 Å². The normalized spacial score (nSPS) is 10.8. The predicted octanol–water partition coefficient (Wildman–Crippen LogP) is 3.86. The number of hydrogen-bond acceptors (Lipinski definition) is 1. The van der Waals surface area contributed by atoms with Gasteiger partial charge in [0.05, 0.1) is 0 Å². The zero-order valence-electron chi connectivity index (χ0n) is 11.7. The number of unbranched alkanes of at least 4 members (excludes halogenated alkanes) is 1. The Morgan fingerprint density at radius 2 is 1.45 bits per heavy atom. The van der Waals surface area contributed by atoms with Gasteiger partial charge in [0.25, 0.3) is 0 Å². The van der Waals surface area contributed by atoms with Crippen LogP contribution in [-0.2, 0) is 0 Å². The number of hydrogen-bond donors (Lipinski definition) is 0. The first-order valence-corrected chi connectivity index (χ1v) is 9.16. The van der Waals surface area contributed by atoms with Crippen molar-refractivity contribution in [2.45, 2.75) is 25.8 Å². The van der Waals surface area contributed by atoms with E-state index in [9.17, 15) is 0 Å². The Bertz CT molecular complexity index is 538. The largest absolute Gasteiger partial charge is 0.217 e. The average molecular weight is 281 g/mol. The maximum atomic E-state index is 9.12. The molecule has 2 aromatic carbocycles. The third kappa shape index (κ3) is 2.93. The maximum absolute atomic E-state index is 9.12. The van der Waals surface area contributed by atoms with Crippen LogP contribution < -0.4 is 10.4 Å². The maximum Gasteiger partial charge on any atom is 0.217 e. The van der Waals surface area contributed by atoms with E-state index in [1.54, 1.807) is 0 Å². The second-order valence-electron chi connectivity index (χ2n) is 4.89. The second kappa shape index (κ2) is 6.94. The molecule has 0 saturated carbocycles. The fourth-order valence-corrected chi connectivity index (χ4v) is 6.30. The fraction of sp³-hybridized carbons (Fsp3) is 0.250. The van der Waals surface area contributed by atoms with Gasteiger partial charge in [0.2, 0.25) is 8.24 Å². The minimum absolute atomic E-state index is 0.960. The molecule has 0 radical (unpaired) electrons. The van der Waals surface area contributed by atoms with E-state index >= 15 is 0 Å². The number of rotatable bonds is 6. The minimum atomic E-state index is -2.36. The first-order chi connectivity index (χ1) is 9.83. The highest BCUT2D eigenvalue weighted by molar-refractivity contribution is 7.00. The summed E-state index contributed by atoms with van der Waals surface area (Å²) in [6, 6.07) is 21.5. The van der Waals surface area contributed by atoms with Crippen molar-refractivity contribution in [3.63, 3.8) is 0 Å². The van der Waals surface area contributed by atoms with Crippen molar-refractivity contribution in [2.24, 2.45) is 4.78 Å². The summed E-state index contributed by atoms with van der Waals surface area (Å²) in [5.74, 6) is 0. The molecule has 0 aliphatic carbocycles. The summed E-state index contributed by atoms with van der Waals surface area (Å²) in [5, 5.41) is 2.38. The van der Waals surface area contributed by atoms with Crippen molar-refractivity contribution in [3.8, 4) is 0 Å². The molecule has 0 heterocycles. The first-order valence-electron chi connectivity index (χ1n) is 7.01. The van der Waals surface area contributed by atoms with Gasteiger partial charge in [0.1, 0.15) is 0 Å². The molecule has 2 aromatic rings. The Morgan fingerprint density at radius 3 is 1.85 bits per heavy atom. The van der Waals surface area contributed by atoms with Gasteiger partial charge in [-0.1, -0.05) is 80.4 Å². The van der Waals surface area contributed by atoms with Gasteiger partial charge in [-0.25, -0.2) is 0 Å². The monoisotopic (exact) mass is 281 g/mol. The van der Waals surface area contributed by atoms with Crippen LogP contribution in [0.3, 0.4) is 0 Å². The molecular formula is C16H19N3Si. The smallest absolute Gasteiger partial charge is 0.113 e. The van der Waals surface area contributed by atoms with Gasteiger partial charge in [0, 0.05) is 0 Å². The molecule has 0 aliphatic rings. The molecule has 4 heteroatoms. The van der Waals surface area contributed by atoms with Crippen molar-refractivity contribution in [2.75, 3.05) is 0 Å². The third-order valence-electron chi connectivity index (χ3n) is 3.61. The zero-order chi connectivity index (χ0) is 14.3. The summed E-state index contributed by atoms with van der Waals surface area (Å²) < 4.78 is 4.35. The Hall–Kier alpha value is -2.03. The molecule has 20 heavy (non-hydrogen) atoms. The summed E-state index contributed by atoms with van der Waals surface area (Å²) in [7, 11) is -2.36. The van der Waals surface area contributed by atoms with Crippen LogP contribution in [0, 0.1) is 0 Å². The van der Waals surface area contributed by atoms with Gasteiger partial charge < -0.3 is 0 Å². The highest BCUT2D eigenvalue weighted by Crippen LogP contribution is 2.17. The van der Waals surface area contributed by atoms with Crippen LogP contribution in [0.15, 0.2) is 65.4 Å². The molecule has 0 atom stereocenters. The van der Waals surface area contributed by atoms with Crippen LogP contribution in [0.25, 0.3) is 10.4 Å². The molecule has 0 unspecified atom stereocenters. The molecule has 2 rings (SSSR count). The summed E-state index contributed by atoms with van der Waals surface area (Å²) in [4.78, 5) is 3.20. The standard InChI is InChI=1S/C16H19N3Si/c1-2-3-14-20(19-18-17,15-10-6-4-7-11-15)16-12-8-5-9-13-16/h4-13H,2-3,14H2,1H3. The van der Waals surface area contributed by atoms with E-state index in [1.165, 1.54) is 10.4 Å². The van der Waals surface area contributed by atoms with Crippen LogP contribution >= 0.6 is 0 Å². The zero-order valence-corrected chi connectivity index (χ0v) is 12.7. The lowest BCUT2D eigenvalue weighted by Gasteiger charge is -2.27. The molecule has 0 bridgehead atoms. The summed E-state index contributed by atoms with van der Waals surface area (Å²) in [6.45, 7) is 2.17. The van der Waals surface area contributed by atoms with Gasteiger partial charge in [-0.05, 0) is 26.9 Å². The molecule has 0 N–H and O–H groups in total. The minimum Gasteiger partial charge on any atom is -0.113 e. The molecule has 0 saturated heterocycles. The quantitative estimate of drug-likeness (QED) is 0.334. The van der Waals surface area contributed by atoms with Gasteiger partial charge in [0.15, 0.2) is 0 Å². The number of nitrogens with zero attached hydrogens (tertiary/aromatic N) is 3. The summed E-state index contributed by atoms with van der Waals surface area (Å²) in [5.41, 5.74) is 9.12. The Morgan fingerprint density at radius 1 is 0.950 bits per heavy atom. The van der Waals surface area contributed by atoms with E-state index in [0.717, 1.165) is 18.9 Å². The van der Waals surface area contributed by atoms with E-state index in [-0.39, 0.29) is 0 Å². The molecule has 0 aliphatic heterocycles. The number of azide groups is 1. The highest BCUT2D eigenvalue weighted by atomic mass is 28.3. The lowest BCUT2D eigenvalue weighted by atomic mass is 10.4. The second-order valence-corrected chi connectivity index (χ2v) is 8.46. The van der Waals surface area contributed by atoms with Crippen LogP contribution in [-0.4, -0.2) is 8.24 Å². The SMILES string of the molecule is CCCC[Si](N=[N+]=[N-])(c1ccccc1)c1ccccc1. The summed E-state index contributed by atoms with van der Waals surface area (Å²) in [6.07, 6.45) is 2.18. The van der Waals surface area contributed by atoms with Crippen LogP contribution in [0.4, 0.5) is 0 Å². The van der Waals surface area contributed by atoms with Crippen molar-refractivity contribution >= 4 is 18.6 Å². The predicted molar refractivity (Wildman–Crippen MR) is 86.8 cm³/mol. The van der Waals surface area contributed by atoms with Crippen molar-refractivity contribution < 1.29 is 0 Å². The van der Waals surface area contributed by atoms with Crippen LogP contribution in [0.2, 0.25) is 6.04 Å². The van der Waals surface area contributed by atoms with E-state index in [1.807, 2.05) is 36.4 Å². The summed E-state index contributed by atoms with van der Waals surface area (Å²) >= 11 is 0. The van der Waals surface area contributed by atoms with E-state index in [2.05, 4.69) is 40.9 Å². The van der Waals surface area contributed by atoms with Gasteiger partial charge >= 0.3 is 0 Å². The Labute approximate surface area is 121 Å². The Kier molecular flexibility index (Phi) is 4.99. The molecule has 0 aromatic heterocycles. The lowest BCUT2D eigenvalue weighted by molar-refractivity contribution is 0.870. The van der Waals surface area contributed by atoms with Crippen LogP contribution in [0.1, 0.15) is 19.8 Å².